The molecule has 1 aromatic heterocycles. The maximum atomic E-state index is 14.3. The van der Waals surface area contributed by atoms with E-state index in [1.54, 1.807) is 12.1 Å². The number of hydrogen-bond donors (Lipinski definition) is 0. The molecule has 0 saturated carbocycles. The highest BCUT2D eigenvalue weighted by Gasteiger charge is 2.14. The molecule has 0 aliphatic rings. The van der Waals surface area contributed by atoms with E-state index in [1.807, 2.05) is 30.3 Å². The van der Waals surface area contributed by atoms with Gasteiger partial charge in [0.25, 0.3) is 0 Å². The van der Waals surface area contributed by atoms with Gasteiger partial charge in [-0.05, 0) is 51.8 Å². The van der Waals surface area contributed by atoms with Crippen LogP contribution in [0.25, 0.3) is 23.2 Å². The molecular formula is C17H10BrF2NS. The average molecular weight is 378 g/mol. The molecule has 1 nitrogen and oxygen atoms in total. The Morgan fingerprint density at radius 2 is 1.73 bits per heavy atom. The zero-order valence-electron chi connectivity index (χ0n) is 11.3. The minimum atomic E-state index is -0.398. The molecule has 3 rings (SSSR count). The van der Waals surface area contributed by atoms with Gasteiger partial charge in [0, 0.05) is 5.56 Å². The molecule has 0 radical (unpaired) electrons. The zero-order valence-corrected chi connectivity index (χ0v) is 13.7. The van der Waals surface area contributed by atoms with Crippen LogP contribution >= 0.6 is 27.3 Å². The van der Waals surface area contributed by atoms with Crippen LogP contribution in [0.2, 0.25) is 0 Å². The fraction of sp³-hybridized carbons (Fsp3) is 0. The minimum absolute atomic E-state index is 0.287. The smallest absolute Gasteiger partial charge is 0.159 e. The summed E-state index contributed by atoms with van der Waals surface area (Å²) in [6.45, 7) is 0. The van der Waals surface area contributed by atoms with Gasteiger partial charge in [-0.2, -0.15) is 0 Å². The molecule has 0 amide bonds. The maximum Gasteiger partial charge on any atom is 0.159 e. The van der Waals surface area contributed by atoms with E-state index in [0.717, 1.165) is 11.1 Å². The summed E-state index contributed by atoms with van der Waals surface area (Å²) >= 11 is 4.60. The van der Waals surface area contributed by atoms with Crippen LogP contribution < -0.4 is 0 Å². The van der Waals surface area contributed by atoms with Crippen LogP contribution in [0.3, 0.4) is 0 Å². The molecule has 2 aromatic carbocycles. The molecule has 0 fully saturated rings. The molecule has 1 heterocycles. The van der Waals surface area contributed by atoms with E-state index >= 15 is 0 Å². The Bertz CT molecular complexity index is 810. The SMILES string of the molecule is FC(=Cc1ccccc1)c1nc(-c2ccc(F)cc2)c(Br)s1. The fourth-order valence-corrected chi connectivity index (χ4v) is 3.45. The molecule has 0 saturated heterocycles. The Morgan fingerprint density at radius 1 is 1.05 bits per heavy atom. The molecule has 110 valence electrons. The predicted molar refractivity (Wildman–Crippen MR) is 90.6 cm³/mol. The van der Waals surface area contributed by atoms with Crippen molar-refractivity contribution in [1.82, 2.24) is 4.98 Å². The van der Waals surface area contributed by atoms with Gasteiger partial charge in [-0.25, -0.2) is 13.8 Å². The highest BCUT2D eigenvalue weighted by Crippen LogP contribution is 2.36. The van der Waals surface area contributed by atoms with Crippen molar-refractivity contribution in [1.29, 1.82) is 0 Å². The van der Waals surface area contributed by atoms with Crippen molar-refractivity contribution >= 4 is 39.2 Å². The molecule has 0 unspecified atom stereocenters. The number of aromatic nitrogens is 1. The number of hydrogen-bond acceptors (Lipinski definition) is 2. The lowest BCUT2D eigenvalue weighted by Crippen LogP contribution is -1.82. The molecule has 0 atom stereocenters. The normalized spacial score (nSPS) is 11.7. The summed E-state index contributed by atoms with van der Waals surface area (Å²) in [7, 11) is 0. The predicted octanol–water partition coefficient (Wildman–Crippen LogP) is 6.18. The summed E-state index contributed by atoms with van der Waals surface area (Å²) < 4.78 is 28.0. The molecule has 5 heteroatoms. The topological polar surface area (TPSA) is 12.9 Å². The number of halogens is 3. The molecule has 0 bridgehead atoms. The van der Waals surface area contributed by atoms with Gasteiger partial charge >= 0.3 is 0 Å². The minimum Gasteiger partial charge on any atom is -0.232 e. The summed E-state index contributed by atoms with van der Waals surface area (Å²) in [5.74, 6) is -0.712. The third-order valence-electron chi connectivity index (χ3n) is 3.00. The fourth-order valence-electron chi connectivity index (χ4n) is 1.95. The third-order valence-corrected chi connectivity index (χ3v) is 4.71. The first-order chi connectivity index (χ1) is 10.6. The van der Waals surface area contributed by atoms with E-state index < -0.39 is 5.83 Å². The summed E-state index contributed by atoms with van der Waals surface area (Å²) in [6, 6.07) is 15.2. The van der Waals surface area contributed by atoms with Crippen molar-refractivity contribution in [3.63, 3.8) is 0 Å². The van der Waals surface area contributed by atoms with E-state index in [9.17, 15) is 8.78 Å². The van der Waals surface area contributed by atoms with Gasteiger partial charge in [0.05, 0.1) is 9.48 Å². The molecule has 3 aromatic rings. The second kappa shape index (κ2) is 6.50. The number of rotatable bonds is 3. The van der Waals surface area contributed by atoms with Gasteiger partial charge in [-0.1, -0.05) is 30.3 Å². The molecule has 0 spiro atoms. The van der Waals surface area contributed by atoms with Crippen LogP contribution in [0.15, 0.2) is 58.4 Å². The molecule has 22 heavy (non-hydrogen) atoms. The zero-order chi connectivity index (χ0) is 15.5. The Morgan fingerprint density at radius 3 is 2.41 bits per heavy atom. The van der Waals surface area contributed by atoms with Crippen molar-refractivity contribution in [2.24, 2.45) is 0 Å². The summed E-state index contributed by atoms with van der Waals surface area (Å²) in [5.41, 5.74) is 2.12. The number of benzene rings is 2. The second-order valence-electron chi connectivity index (χ2n) is 4.55. The molecule has 0 aliphatic carbocycles. The maximum absolute atomic E-state index is 14.3. The van der Waals surface area contributed by atoms with Crippen molar-refractivity contribution < 1.29 is 8.78 Å². The standard InChI is InChI=1S/C17H10BrF2NS/c18-16-15(12-6-8-13(19)9-7-12)21-17(22-16)14(20)10-11-4-2-1-3-5-11/h1-10H. The first-order valence-corrected chi connectivity index (χ1v) is 8.09. The van der Waals surface area contributed by atoms with Crippen molar-refractivity contribution in [2.45, 2.75) is 0 Å². The van der Waals surface area contributed by atoms with Gasteiger partial charge in [0.1, 0.15) is 5.82 Å². The Labute approximate surface area is 139 Å². The highest BCUT2D eigenvalue weighted by molar-refractivity contribution is 9.11. The van der Waals surface area contributed by atoms with Gasteiger partial charge in [-0.3, -0.25) is 0 Å². The van der Waals surface area contributed by atoms with Crippen LogP contribution in [0, 0.1) is 5.82 Å². The van der Waals surface area contributed by atoms with Gasteiger partial charge in [-0.15, -0.1) is 11.3 Å². The number of nitrogens with zero attached hydrogens (tertiary/aromatic N) is 1. The monoisotopic (exact) mass is 377 g/mol. The first-order valence-electron chi connectivity index (χ1n) is 6.48. The second-order valence-corrected chi connectivity index (χ2v) is 6.87. The summed E-state index contributed by atoms with van der Waals surface area (Å²) in [6.07, 6.45) is 1.44. The van der Waals surface area contributed by atoms with Crippen molar-refractivity contribution in [3.05, 3.63) is 74.8 Å². The van der Waals surface area contributed by atoms with Crippen molar-refractivity contribution in [2.75, 3.05) is 0 Å². The molecule has 0 aliphatic heterocycles. The average Bonchev–Trinajstić information content (AvgIpc) is 2.91. The quantitative estimate of drug-likeness (QED) is 0.530. The van der Waals surface area contributed by atoms with Gasteiger partial charge < -0.3 is 0 Å². The van der Waals surface area contributed by atoms with Crippen LogP contribution in [0.1, 0.15) is 10.6 Å². The Balaban J connectivity index is 1.95. The van der Waals surface area contributed by atoms with Crippen molar-refractivity contribution in [3.8, 4) is 11.3 Å². The molecular weight excluding hydrogens is 368 g/mol. The molecule has 0 N–H and O–H groups in total. The third kappa shape index (κ3) is 3.31. The first kappa shape index (κ1) is 15.1. The van der Waals surface area contributed by atoms with E-state index in [1.165, 1.54) is 29.5 Å². The van der Waals surface area contributed by atoms with Crippen LogP contribution in [0.4, 0.5) is 8.78 Å². The Kier molecular flexibility index (Phi) is 4.45. The van der Waals surface area contributed by atoms with E-state index in [0.29, 0.717) is 9.48 Å². The van der Waals surface area contributed by atoms with Crippen LogP contribution in [-0.4, -0.2) is 4.98 Å². The lowest BCUT2D eigenvalue weighted by Gasteiger charge is -1.97. The van der Waals surface area contributed by atoms with E-state index in [2.05, 4.69) is 20.9 Å². The number of thiazole rings is 1. The van der Waals surface area contributed by atoms with E-state index in [-0.39, 0.29) is 10.8 Å². The van der Waals surface area contributed by atoms with E-state index in [4.69, 9.17) is 0 Å². The van der Waals surface area contributed by atoms with Crippen LogP contribution in [-0.2, 0) is 0 Å². The highest BCUT2D eigenvalue weighted by atomic mass is 79.9. The largest absolute Gasteiger partial charge is 0.232 e. The lowest BCUT2D eigenvalue weighted by molar-refractivity contribution is 0.628. The van der Waals surface area contributed by atoms with Crippen LogP contribution in [0.5, 0.6) is 0 Å². The summed E-state index contributed by atoms with van der Waals surface area (Å²) in [5, 5.41) is 0.287. The summed E-state index contributed by atoms with van der Waals surface area (Å²) in [4.78, 5) is 4.31. The van der Waals surface area contributed by atoms with Gasteiger partial charge in [0.15, 0.2) is 10.8 Å². The lowest BCUT2D eigenvalue weighted by atomic mass is 10.2. The van der Waals surface area contributed by atoms with Gasteiger partial charge in [0.2, 0.25) is 0 Å². The Hall–Kier alpha value is -1.85.